The van der Waals surface area contributed by atoms with Crippen molar-refractivity contribution in [1.29, 1.82) is 0 Å². The molecule has 0 saturated carbocycles. The Bertz CT molecular complexity index is 1620. The van der Waals surface area contributed by atoms with Gasteiger partial charge in [0, 0.05) is 0 Å². The Morgan fingerprint density at radius 2 is 1.32 bits per heavy atom. The maximum atomic E-state index is 12.8. The Balaban J connectivity index is 2.50. The number of H-pyrrole nitrogens is 1. The lowest BCUT2D eigenvalue weighted by Gasteiger charge is -2.05. The Hall–Kier alpha value is -2.61. The van der Waals surface area contributed by atoms with E-state index in [1.807, 2.05) is 0 Å². The van der Waals surface area contributed by atoms with Gasteiger partial charge in [-0.25, -0.2) is 4.98 Å². The van der Waals surface area contributed by atoms with Gasteiger partial charge in [-0.2, -0.15) is 25.3 Å². The van der Waals surface area contributed by atoms with Crippen LogP contribution in [0.4, 0.5) is 0 Å². The summed E-state index contributed by atoms with van der Waals surface area (Å²) < 4.78 is 128. The minimum atomic E-state index is -5.49. The monoisotopic (exact) mass is 515 g/mol. The fourth-order valence-corrected chi connectivity index (χ4v) is 6.71. The number of benzene rings is 2. The molecule has 1 aromatic heterocycles. The summed E-state index contributed by atoms with van der Waals surface area (Å²) in [5.41, 5.74) is -1.94. The van der Waals surface area contributed by atoms with Crippen LogP contribution in [-0.2, 0) is 40.7 Å². The van der Waals surface area contributed by atoms with Crippen molar-refractivity contribution in [3.63, 3.8) is 0 Å². The predicted molar refractivity (Wildman–Crippen MR) is 99.3 cm³/mol. The molecule has 0 bridgehead atoms. The summed E-state index contributed by atoms with van der Waals surface area (Å²) in [6, 6.07) is 7.63. The minimum Gasteiger partial charge on any atom is -0.351 e. The fraction of sp³-hybridized carbons (Fsp3) is 0. The van der Waals surface area contributed by atoms with Crippen LogP contribution in [0, 0.1) is 0 Å². The van der Waals surface area contributed by atoms with E-state index in [-0.39, 0.29) is 9.72 Å². The normalized spacial score (nSPS) is 13.4. The number of hydrogen-bond acceptors (Lipinski definition) is 9. The molecule has 0 aliphatic carbocycles. The second-order valence-corrected chi connectivity index (χ2v) is 11.2. The summed E-state index contributed by atoms with van der Waals surface area (Å²) in [6.45, 7) is 0. The van der Waals surface area contributed by atoms with Crippen molar-refractivity contribution in [3.8, 4) is 5.75 Å². The van der Waals surface area contributed by atoms with E-state index in [4.69, 9.17) is 4.18 Å². The third-order valence-corrected chi connectivity index (χ3v) is 7.77. The van der Waals surface area contributed by atoms with Gasteiger partial charge in [0.15, 0.2) is 15.9 Å². The van der Waals surface area contributed by atoms with Crippen LogP contribution in [0.2, 0.25) is 0 Å². The molecule has 0 fully saturated rings. The maximum absolute atomic E-state index is 12.8. The largest absolute Gasteiger partial charge is 0.493 e. The lowest BCUT2D eigenvalue weighted by molar-refractivity contribution is -0.535. The van der Waals surface area contributed by atoms with Crippen molar-refractivity contribution in [2.75, 3.05) is 0 Å². The van der Waals surface area contributed by atoms with Crippen LogP contribution in [0.3, 0.4) is 0 Å². The third-order valence-electron chi connectivity index (χ3n) is 3.68. The number of aromatic amines is 1. The van der Waals surface area contributed by atoms with Crippen LogP contribution in [0.25, 0.3) is 11.0 Å². The van der Waals surface area contributed by atoms with Crippen molar-refractivity contribution in [2.24, 2.45) is 0 Å². The lowest BCUT2D eigenvalue weighted by Crippen LogP contribution is -2.49. The first kappa shape index (κ1) is 23.1. The highest BCUT2D eigenvalue weighted by molar-refractivity contribution is 7.89. The third kappa shape index (κ3) is 4.39. The highest BCUT2D eigenvalue weighted by atomic mass is 32.2. The molecule has 0 radical (unpaired) electrons. The predicted octanol–water partition coefficient (Wildman–Crippen LogP) is -0.633. The Kier molecular flexibility index (Phi) is 5.37. The van der Waals surface area contributed by atoms with Crippen LogP contribution < -0.4 is 8.16 Å². The number of para-hydroxylation sites is 1. The molecule has 14 nitrogen and oxygen atoms in total. The molecule has 31 heavy (non-hydrogen) atoms. The highest BCUT2D eigenvalue weighted by Crippen LogP contribution is 2.29. The summed E-state index contributed by atoms with van der Waals surface area (Å²) >= 11 is 0. The van der Waals surface area contributed by atoms with Gasteiger partial charge < -0.3 is 4.18 Å². The molecule has 3 rings (SSSR count). The van der Waals surface area contributed by atoms with Gasteiger partial charge >= 0.3 is 25.6 Å². The van der Waals surface area contributed by atoms with Gasteiger partial charge in [0.05, 0.1) is 0 Å². The summed E-state index contributed by atoms with van der Waals surface area (Å²) in [5, 5.41) is -1.55. The van der Waals surface area contributed by atoms with Crippen molar-refractivity contribution in [2.45, 2.75) is 14.9 Å². The van der Waals surface area contributed by atoms with Gasteiger partial charge in [-0.05, 0) is 24.3 Å². The zero-order valence-electron chi connectivity index (χ0n) is 14.6. The van der Waals surface area contributed by atoms with E-state index < -0.39 is 66.6 Å². The molecule has 0 atom stereocenters. The second kappa shape index (κ2) is 7.22. The van der Waals surface area contributed by atoms with E-state index in [2.05, 4.69) is 0 Å². The standard InChI is InChI=1S/C13H10N2O12S4/c16-28(17,18)10-7-6-9-11(12(10)29(19,20)21)14-13(30(22,23)24)15(9)31(25,26)27-8-4-2-1-3-5-8/h1-7H,(H3,16,17,18,19,20,21,22,23,24)/p+1. The molecule has 0 aliphatic rings. The van der Waals surface area contributed by atoms with E-state index in [0.29, 0.717) is 12.1 Å². The number of nitrogens with one attached hydrogen (secondary N) is 1. The van der Waals surface area contributed by atoms with Crippen LogP contribution in [0.1, 0.15) is 0 Å². The topological polar surface area (TPSA) is 226 Å². The zero-order chi connectivity index (χ0) is 23.4. The van der Waals surface area contributed by atoms with Gasteiger partial charge in [0.2, 0.25) is 0 Å². The Morgan fingerprint density at radius 1 is 0.742 bits per heavy atom. The average Bonchev–Trinajstić information content (AvgIpc) is 3.00. The van der Waals surface area contributed by atoms with E-state index in [1.165, 1.54) is 30.3 Å². The van der Waals surface area contributed by atoms with Crippen LogP contribution in [0.15, 0.2) is 57.4 Å². The van der Waals surface area contributed by atoms with Gasteiger partial charge in [0.1, 0.15) is 10.6 Å². The van der Waals surface area contributed by atoms with Crippen molar-refractivity contribution >= 4 is 51.7 Å². The van der Waals surface area contributed by atoms with Crippen molar-refractivity contribution in [1.82, 2.24) is 4.98 Å². The van der Waals surface area contributed by atoms with E-state index in [1.54, 1.807) is 4.98 Å². The van der Waals surface area contributed by atoms with Gasteiger partial charge in [-0.1, -0.05) is 22.2 Å². The molecule has 3 aromatic rings. The smallest absolute Gasteiger partial charge is 0.351 e. The molecule has 1 heterocycles. The Labute approximate surface area is 175 Å². The number of fused-ring (bicyclic) bond motifs is 1. The molecule has 0 aliphatic heterocycles. The van der Waals surface area contributed by atoms with Crippen molar-refractivity contribution < 1.29 is 55.5 Å². The minimum absolute atomic E-state index is 0.160. The molecule has 0 spiro atoms. The molecule has 0 saturated heterocycles. The van der Waals surface area contributed by atoms with E-state index in [0.717, 1.165) is 0 Å². The number of hydrogen-bond donors (Lipinski definition) is 4. The summed E-state index contributed by atoms with van der Waals surface area (Å²) in [6.07, 6.45) is 0. The number of aromatic nitrogens is 2. The SMILES string of the molecule is O=S(=O)(O)c1ccc2c([nH]c(S(=O)(=O)O)[n+]2S(=O)(=O)Oc2ccccc2)c1S(=O)(=O)O. The molecule has 2 aromatic carbocycles. The first-order chi connectivity index (χ1) is 14.0. The number of imidazole rings is 1. The lowest BCUT2D eigenvalue weighted by atomic mass is 10.3. The zero-order valence-corrected chi connectivity index (χ0v) is 17.9. The number of nitrogens with zero attached hydrogens (tertiary/aromatic N) is 1. The maximum Gasteiger partial charge on any atom is 0.493 e. The summed E-state index contributed by atoms with van der Waals surface area (Å²) in [4.78, 5) is -1.22. The highest BCUT2D eigenvalue weighted by Gasteiger charge is 2.42. The second-order valence-electron chi connectivity index (χ2n) is 5.76. The summed E-state index contributed by atoms with van der Waals surface area (Å²) in [7, 11) is -21.4. The number of rotatable bonds is 6. The van der Waals surface area contributed by atoms with Crippen LogP contribution >= 0.6 is 0 Å². The Morgan fingerprint density at radius 3 is 1.81 bits per heavy atom. The van der Waals surface area contributed by atoms with Gasteiger partial charge in [-0.3, -0.25) is 13.7 Å². The molecule has 18 heteroatoms. The molecule has 4 N–H and O–H groups in total. The quantitative estimate of drug-likeness (QED) is 0.238. The summed E-state index contributed by atoms with van der Waals surface area (Å²) in [5.74, 6) is -0.296. The average molecular weight is 516 g/mol. The molecule has 0 amide bonds. The fourth-order valence-electron chi connectivity index (χ4n) is 2.60. The van der Waals surface area contributed by atoms with Gasteiger partial charge in [-0.15, -0.1) is 8.42 Å². The molecule has 168 valence electrons. The molecular weight excluding hydrogens is 504 g/mol. The van der Waals surface area contributed by atoms with E-state index in [9.17, 15) is 47.3 Å². The van der Waals surface area contributed by atoms with E-state index >= 15 is 0 Å². The molecule has 0 unspecified atom stereocenters. The van der Waals surface area contributed by atoms with Crippen LogP contribution in [-0.4, -0.2) is 52.3 Å². The van der Waals surface area contributed by atoms with Crippen LogP contribution in [0.5, 0.6) is 5.75 Å². The molecular formula is C13H11N2O12S4+. The first-order valence-corrected chi connectivity index (χ1v) is 13.3. The first-order valence-electron chi connectivity index (χ1n) is 7.57. The van der Waals surface area contributed by atoms with Crippen molar-refractivity contribution in [3.05, 3.63) is 42.5 Å². The van der Waals surface area contributed by atoms with Gasteiger partial charge in [0.25, 0.3) is 20.2 Å².